The second-order valence-electron chi connectivity index (χ2n) is 7.83. The average Bonchev–Trinajstić information content (AvgIpc) is 3.09. The maximum Gasteiger partial charge on any atom is 0.225 e. The van der Waals surface area contributed by atoms with E-state index < -0.39 is 6.10 Å². The molecule has 2 N–H and O–H groups in total. The minimum Gasteiger partial charge on any atom is -0.387 e. The molecule has 0 aromatic carbocycles. The fourth-order valence-corrected chi connectivity index (χ4v) is 3.45. The van der Waals surface area contributed by atoms with Crippen LogP contribution < -0.4 is 5.32 Å². The first-order chi connectivity index (χ1) is 13.8. The number of rotatable bonds is 5. The Morgan fingerprint density at radius 1 is 1.31 bits per heavy atom. The number of guanidine groups is 1. The molecule has 156 valence electrons. The van der Waals surface area contributed by atoms with E-state index in [2.05, 4.69) is 52.0 Å². The number of aliphatic hydroxyl groups excluding tert-OH is 1. The van der Waals surface area contributed by atoms with Gasteiger partial charge in [0.25, 0.3) is 0 Å². The third-order valence-electron chi connectivity index (χ3n) is 5.19. The van der Waals surface area contributed by atoms with E-state index in [0.29, 0.717) is 24.6 Å². The predicted octanol–water partition coefficient (Wildman–Crippen LogP) is 2.23. The number of pyridine rings is 1. The lowest BCUT2D eigenvalue weighted by atomic mass is 10.1. The largest absolute Gasteiger partial charge is 0.387 e. The lowest BCUT2D eigenvalue weighted by Gasteiger charge is -2.32. The van der Waals surface area contributed by atoms with Crippen molar-refractivity contribution in [2.45, 2.75) is 78.9 Å². The molecule has 3 heterocycles. The number of hydrogen-bond acceptors (Lipinski definition) is 7. The third kappa shape index (κ3) is 4.70. The highest BCUT2D eigenvalue weighted by atomic mass is 16.3. The van der Waals surface area contributed by atoms with Crippen molar-refractivity contribution in [3.63, 3.8) is 0 Å². The molecule has 29 heavy (non-hydrogen) atoms. The Morgan fingerprint density at radius 3 is 2.69 bits per heavy atom. The van der Waals surface area contributed by atoms with Gasteiger partial charge in [0.1, 0.15) is 11.9 Å². The Kier molecular flexibility index (Phi) is 6.42. The van der Waals surface area contributed by atoms with E-state index >= 15 is 0 Å². The van der Waals surface area contributed by atoms with Gasteiger partial charge in [-0.3, -0.25) is 15.0 Å². The standard InChI is InChI=1S/C21H31N7O/c1-7-17(15(6)29)25-21-26-19(18-20(27-21)28(11-24-18)12(2)3)23-10-16-9-22-14(5)8-13(16)4/h8-9,11-12,15,18,20,29H,7,10H2,1-6H3,(H,23,26,27)/t15-,18?,20?/m1/s1. The molecule has 8 heteroatoms. The van der Waals surface area contributed by atoms with Crippen molar-refractivity contribution in [3.05, 3.63) is 29.1 Å². The number of aryl methyl sites for hydroxylation is 2. The zero-order valence-corrected chi connectivity index (χ0v) is 18.1. The smallest absolute Gasteiger partial charge is 0.225 e. The van der Waals surface area contributed by atoms with Crippen molar-refractivity contribution in [1.29, 1.82) is 0 Å². The number of aliphatic imine (C=N–C) groups is 4. The van der Waals surface area contributed by atoms with Gasteiger partial charge in [-0.05, 0) is 58.2 Å². The van der Waals surface area contributed by atoms with Crippen LogP contribution in [0.1, 0.15) is 50.9 Å². The van der Waals surface area contributed by atoms with Crippen molar-refractivity contribution < 1.29 is 5.11 Å². The summed E-state index contributed by atoms with van der Waals surface area (Å²) in [6.07, 6.45) is 3.57. The van der Waals surface area contributed by atoms with Crippen LogP contribution in [-0.4, -0.2) is 63.2 Å². The van der Waals surface area contributed by atoms with Crippen LogP contribution in [0.5, 0.6) is 0 Å². The summed E-state index contributed by atoms with van der Waals surface area (Å²) in [5, 5.41) is 13.2. The number of fused-ring (bicyclic) bond motifs is 1. The molecule has 0 aliphatic carbocycles. The molecule has 2 unspecified atom stereocenters. The maximum absolute atomic E-state index is 9.96. The average molecular weight is 398 g/mol. The monoisotopic (exact) mass is 397 g/mol. The molecule has 0 bridgehead atoms. The summed E-state index contributed by atoms with van der Waals surface area (Å²) in [6.45, 7) is 12.5. The molecular formula is C21H31N7O. The van der Waals surface area contributed by atoms with E-state index in [1.807, 2.05) is 26.4 Å². The Morgan fingerprint density at radius 2 is 2.07 bits per heavy atom. The molecule has 3 atom stereocenters. The minimum atomic E-state index is -0.620. The van der Waals surface area contributed by atoms with Gasteiger partial charge in [-0.15, -0.1) is 0 Å². The quantitative estimate of drug-likeness (QED) is 0.745. The molecule has 0 radical (unpaired) electrons. The highest BCUT2D eigenvalue weighted by molar-refractivity contribution is 6.10. The van der Waals surface area contributed by atoms with Gasteiger partial charge in [0.15, 0.2) is 6.17 Å². The van der Waals surface area contributed by atoms with Gasteiger partial charge >= 0.3 is 0 Å². The van der Waals surface area contributed by atoms with E-state index in [0.717, 1.165) is 17.1 Å². The fourth-order valence-electron chi connectivity index (χ4n) is 3.45. The normalized spacial score (nSPS) is 24.0. The van der Waals surface area contributed by atoms with Gasteiger partial charge in [-0.1, -0.05) is 6.92 Å². The molecular weight excluding hydrogens is 366 g/mol. The van der Waals surface area contributed by atoms with Crippen molar-refractivity contribution in [3.8, 4) is 0 Å². The number of nitrogens with one attached hydrogen (secondary N) is 1. The van der Waals surface area contributed by atoms with Crippen molar-refractivity contribution in [1.82, 2.24) is 15.2 Å². The lowest BCUT2D eigenvalue weighted by molar-refractivity contribution is 0.260. The van der Waals surface area contributed by atoms with E-state index in [1.165, 1.54) is 5.56 Å². The summed E-state index contributed by atoms with van der Waals surface area (Å²) in [5.74, 6) is 1.21. The van der Waals surface area contributed by atoms with E-state index in [1.54, 1.807) is 6.92 Å². The van der Waals surface area contributed by atoms with Crippen LogP contribution in [0.3, 0.4) is 0 Å². The van der Waals surface area contributed by atoms with Crippen molar-refractivity contribution in [2.75, 3.05) is 0 Å². The highest BCUT2D eigenvalue weighted by Gasteiger charge is 2.39. The molecule has 0 fully saturated rings. The SMILES string of the molecule is CCC(=NC1=NC2C(N=CN2C(C)C)C(=NCc2cnc(C)cc2C)N1)[C@@H](C)O. The Balaban J connectivity index is 1.93. The second-order valence-corrected chi connectivity index (χ2v) is 7.83. The first-order valence-electron chi connectivity index (χ1n) is 10.2. The van der Waals surface area contributed by atoms with Gasteiger partial charge in [-0.2, -0.15) is 0 Å². The number of hydrogen-bond donors (Lipinski definition) is 2. The summed E-state index contributed by atoms with van der Waals surface area (Å²) in [4.78, 5) is 25.3. The Bertz CT molecular complexity index is 870. The minimum absolute atomic E-state index is 0.182. The van der Waals surface area contributed by atoms with Gasteiger partial charge in [0.2, 0.25) is 5.96 Å². The van der Waals surface area contributed by atoms with Crippen LogP contribution in [0.15, 0.2) is 32.2 Å². The van der Waals surface area contributed by atoms with Crippen LogP contribution >= 0.6 is 0 Å². The van der Waals surface area contributed by atoms with Crippen molar-refractivity contribution >= 4 is 23.8 Å². The van der Waals surface area contributed by atoms with Crippen LogP contribution in [0.4, 0.5) is 0 Å². The molecule has 0 saturated heterocycles. The van der Waals surface area contributed by atoms with Crippen LogP contribution in [-0.2, 0) is 6.54 Å². The molecule has 0 amide bonds. The summed E-state index contributed by atoms with van der Waals surface area (Å²) in [5.41, 5.74) is 3.93. The summed E-state index contributed by atoms with van der Waals surface area (Å²) < 4.78 is 0. The maximum atomic E-state index is 9.96. The number of nitrogens with zero attached hydrogens (tertiary/aromatic N) is 6. The molecule has 8 nitrogen and oxygen atoms in total. The predicted molar refractivity (Wildman–Crippen MR) is 118 cm³/mol. The molecule has 0 spiro atoms. The second kappa shape index (κ2) is 8.82. The van der Waals surface area contributed by atoms with Gasteiger partial charge < -0.3 is 15.3 Å². The number of amidine groups is 1. The molecule has 0 saturated carbocycles. The highest BCUT2D eigenvalue weighted by Crippen LogP contribution is 2.22. The van der Waals surface area contributed by atoms with Crippen LogP contribution in [0.25, 0.3) is 0 Å². The van der Waals surface area contributed by atoms with Gasteiger partial charge in [-0.25, -0.2) is 9.98 Å². The van der Waals surface area contributed by atoms with Crippen LogP contribution in [0.2, 0.25) is 0 Å². The molecule has 2 aliphatic heterocycles. The zero-order chi connectivity index (χ0) is 21.1. The third-order valence-corrected chi connectivity index (χ3v) is 5.19. The van der Waals surface area contributed by atoms with E-state index in [9.17, 15) is 5.11 Å². The molecule has 2 aliphatic rings. The van der Waals surface area contributed by atoms with Crippen molar-refractivity contribution in [2.24, 2.45) is 20.0 Å². The molecule has 3 rings (SSSR count). The summed E-state index contributed by atoms with van der Waals surface area (Å²) in [7, 11) is 0. The lowest BCUT2D eigenvalue weighted by Crippen LogP contribution is -2.52. The van der Waals surface area contributed by atoms with E-state index in [4.69, 9.17) is 9.98 Å². The zero-order valence-electron chi connectivity index (χ0n) is 18.1. The molecule has 1 aromatic rings. The Labute approximate surface area is 172 Å². The summed E-state index contributed by atoms with van der Waals surface area (Å²) in [6, 6.07) is 2.13. The topological polar surface area (TPSA) is 97.8 Å². The van der Waals surface area contributed by atoms with Crippen LogP contribution in [0, 0.1) is 13.8 Å². The van der Waals surface area contributed by atoms with E-state index in [-0.39, 0.29) is 18.2 Å². The first kappa shape index (κ1) is 21.1. The Hall–Kier alpha value is -2.61. The van der Waals surface area contributed by atoms with Gasteiger partial charge in [0, 0.05) is 23.6 Å². The number of aliphatic hydroxyl groups is 1. The molecule has 1 aromatic heterocycles. The summed E-state index contributed by atoms with van der Waals surface area (Å²) >= 11 is 0. The fraction of sp³-hybridized carbons (Fsp3) is 0.571. The first-order valence-corrected chi connectivity index (χ1v) is 10.2. The number of aromatic nitrogens is 1. The van der Waals surface area contributed by atoms with Gasteiger partial charge in [0.05, 0.1) is 19.0 Å².